The highest BCUT2D eigenvalue weighted by atomic mass is 32.2. The molecular formula is C11H20N2O4S. The maximum absolute atomic E-state index is 11.4. The zero-order chi connectivity index (χ0) is 13.3. The second-order valence-corrected chi connectivity index (χ2v) is 7.21. The molecule has 18 heavy (non-hydrogen) atoms. The van der Waals surface area contributed by atoms with Crippen LogP contribution in [-0.4, -0.2) is 55.2 Å². The van der Waals surface area contributed by atoms with E-state index in [-0.39, 0.29) is 18.0 Å². The molecule has 6 nitrogen and oxygen atoms in total. The quantitative estimate of drug-likeness (QED) is 0.746. The zero-order valence-corrected chi connectivity index (χ0v) is 11.3. The van der Waals surface area contributed by atoms with Crippen molar-refractivity contribution in [3.05, 3.63) is 0 Å². The van der Waals surface area contributed by atoms with E-state index < -0.39 is 16.0 Å². The fourth-order valence-electron chi connectivity index (χ4n) is 2.65. The van der Waals surface area contributed by atoms with Crippen molar-refractivity contribution < 1.29 is 18.3 Å². The van der Waals surface area contributed by atoms with Crippen molar-refractivity contribution in [1.29, 1.82) is 0 Å². The van der Waals surface area contributed by atoms with Gasteiger partial charge in [-0.25, -0.2) is 12.7 Å². The third kappa shape index (κ3) is 3.02. The monoisotopic (exact) mass is 276 g/mol. The van der Waals surface area contributed by atoms with E-state index in [1.807, 2.05) is 0 Å². The van der Waals surface area contributed by atoms with Crippen LogP contribution >= 0.6 is 0 Å². The minimum absolute atomic E-state index is 0.0669. The summed E-state index contributed by atoms with van der Waals surface area (Å²) in [4.78, 5) is 10.9. The van der Waals surface area contributed by atoms with Crippen LogP contribution < -0.4 is 5.32 Å². The summed E-state index contributed by atoms with van der Waals surface area (Å²) in [6.07, 6.45) is 4.40. The average Bonchev–Trinajstić information content (AvgIpc) is 2.23. The van der Waals surface area contributed by atoms with Gasteiger partial charge in [-0.3, -0.25) is 4.79 Å². The van der Waals surface area contributed by atoms with Crippen molar-refractivity contribution in [2.24, 2.45) is 5.92 Å². The van der Waals surface area contributed by atoms with Gasteiger partial charge in [-0.05, 0) is 25.7 Å². The van der Waals surface area contributed by atoms with Crippen molar-refractivity contribution in [3.8, 4) is 0 Å². The van der Waals surface area contributed by atoms with Crippen LogP contribution in [-0.2, 0) is 14.8 Å². The lowest BCUT2D eigenvalue weighted by Crippen LogP contribution is -2.54. The van der Waals surface area contributed by atoms with Gasteiger partial charge in [0, 0.05) is 25.2 Å². The molecule has 1 saturated heterocycles. The Hall–Kier alpha value is -0.660. The smallest absolute Gasteiger partial charge is 0.308 e. The molecule has 104 valence electrons. The van der Waals surface area contributed by atoms with Crippen LogP contribution in [0.25, 0.3) is 0 Å². The molecular weight excluding hydrogens is 256 g/mol. The van der Waals surface area contributed by atoms with Crippen LogP contribution in [0.1, 0.15) is 25.7 Å². The molecule has 2 N–H and O–H groups in total. The Labute approximate surface area is 107 Å². The predicted molar refractivity (Wildman–Crippen MR) is 66.7 cm³/mol. The third-order valence-electron chi connectivity index (χ3n) is 3.96. The van der Waals surface area contributed by atoms with Gasteiger partial charge in [0.2, 0.25) is 10.0 Å². The van der Waals surface area contributed by atoms with Gasteiger partial charge in [0.1, 0.15) is 0 Å². The summed E-state index contributed by atoms with van der Waals surface area (Å²) >= 11 is 0. The molecule has 1 saturated carbocycles. The Morgan fingerprint density at radius 1 is 1.22 bits per heavy atom. The first-order chi connectivity index (χ1) is 8.38. The molecule has 0 amide bonds. The fraction of sp³-hybridized carbons (Fsp3) is 0.909. The maximum Gasteiger partial charge on any atom is 0.308 e. The number of carbonyl (C=O) groups is 1. The van der Waals surface area contributed by atoms with Gasteiger partial charge < -0.3 is 10.4 Å². The van der Waals surface area contributed by atoms with Gasteiger partial charge in [0.25, 0.3) is 0 Å². The van der Waals surface area contributed by atoms with E-state index in [0.717, 1.165) is 25.7 Å². The summed E-state index contributed by atoms with van der Waals surface area (Å²) in [6, 6.07) is 0.312. The van der Waals surface area contributed by atoms with Crippen LogP contribution in [0.15, 0.2) is 0 Å². The van der Waals surface area contributed by atoms with Gasteiger partial charge >= 0.3 is 5.97 Å². The van der Waals surface area contributed by atoms with E-state index in [1.54, 1.807) is 0 Å². The van der Waals surface area contributed by atoms with Gasteiger partial charge in [0.05, 0.1) is 12.2 Å². The number of hydrogen-bond donors (Lipinski definition) is 2. The molecule has 0 aromatic rings. The van der Waals surface area contributed by atoms with E-state index in [1.165, 1.54) is 10.6 Å². The van der Waals surface area contributed by atoms with Crippen molar-refractivity contribution in [3.63, 3.8) is 0 Å². The highest BCUT2D eigenvalue weighted by Crippen LogP contribution is 2.29. The normalized spacial score (nSPS) is 30.9. The second kappa shape index (κ2) is 5.14. The Kier molecular flexibility index (Phi) is 3.93. The Balaban J connectivity index is 1.79. The highest BCUT2D eigenvalue weighted by Gasteiger charge is 2.38. The lowest BCUT2D eigenvalue weighted by Gasteiger charge is -2.39. The topological polar surface area (TPSA) is 86.7 Å². The van der Waals surface area contributed by atoms with Crippen molar-refractivity contribution in [2.45, 2.75) is 37.8 Å². The number of carboxylic acid groups (broad SMARTS) is 1. The molecule has 2 atom stereocenters. The number of piperidine rings is 1. The third-order valence-corrected chi connectivity index (χ3v) is 5.27. The number of rotatable bonds is 4. The van der Waals surface area contributed by atoms with Crippen molar-refractivity contribution in [1.82, 2.24) is 9.62 Å². The summed E-state index contributed by atoms with van der Waals surface area (Å²) in [7, 11) is -3.08. The number of nitrogens with one attached hydrogen (secondary N) is 1. The first kappa shape index (κ1) is 13.8. The standard InChI is InChI=1S/C11H20N2O4S/c1-18(16,17)13-6-4-8(5-7-13)12-10-3-2-9(10)11(14)15/h8-10,12H,2-7H2,1H3,(H,14,15). The summed E-state index contributed by atoms with van der Waals surface area (Å²) < 4.78 is 24.2. The second-order valence-electron chi connectivity index (χ2n) is 5.23. The predicted octanol–water partition coefficient (Wildman–Crippen LogP) is -0.137. The Morgan fingerprint density at radius 3 is 2.22 bits per heavy atom. The van der Waals surface area contributed by atoms with Gasteiger partial charge in [-0.1, -0.05) is 0 Å². The number of nitrogens with zero attached hydrogens (tertiary/aromatic N) is 1. The Bertz CT molecular complexity index is 415. The summed E-state index contributed by atoms with van der Waals surface area (Å²) in [5.74, 6) is -0.995. The van der Waals surface area contributed by atoms with E-state index in [9.17, 15) is 13.2 Å². The Morgan fingerprint density at radius 2 is 1.83 bits per heavy atom. The molecule has 2 unspecified atom stereocenters. The zero-order valence-electron chi connectivity index (χ0n) is 10.5. The number of hydrogen-bond acceptors (Lipinski definition) is 4. The highest BCUT2D eigenvalue weighted by molar-refractivity contribution is 7.88. The molecule has 0 bridgehead atoms. The lowest BCUT2D eigenvalue weighted by atomic mass is 9.79. The average molecular weight is 276 g/mol. The van der Waals surface area contributed by atoms with Crippen LogP contribution in [0.2, 0.25) is 0 Å². The van der Waals surface area contributed by atoms with Crippen LogP contribution in [0.5, 0.6) is 0 Å². The maximum atomic E-state index is 11.4. The van der Waals surface area contributed by atoms with Crippen molar-refractivity contribution >= 4 is 16.0 Å². The van der Waals surface area contributed by atoms with Crippen molar-refractivity contribution in [2.75, 3.05) is 19.3 Å². The van der Waals surface area contributed by atoms with E-state index in [0.29, 0.717) is 13.1 Å². The van der Waals surface area contributed by atoms with Crippen LogP contribution in [0, 0.1) is 5.92 Å². The number of carboxylic acids is 1. The molecule has 2 fully saturated rings. The molecule has 0 spiro atoms. The van der Waals surface area contributed by atoms with E-state index in [2.05, 4.69) is 5.32 Å². The molecule has 1 heterocycles. The van der Waals surface area contributed by atoms with Crippen LogP contribution in [0.3, 0.4) is 0 Å². The summed E-state index contributed by atoms with van der Waals surface area (Å²) in [6.45, 7) is 1.06. The molecule has 0 aromatic carbocycles. The molecule has 1 aliphatic heterocycles. The molecule has 0 radical (unpaired) electrons. The SMILES string of the molecule is CS(=O)(=O)N1CCC(NC2CCC2C(=O)O)CC1. The van der Waals surface area contributed by atoms with E-state index in [4.69, 9.17) is 5.11 Å². The number of sulfonamides is 1. The summed E-state index contributed by atoms with van der Waals surface area (Å²) in [5, 5.41) is 12.3. The first-order valence-electron chi connectivity index (χ1n) is 6.32. The van der Waals surface area contributed by atoms with Gasteiger partial charge in [0.15, 0.2) is 0 Å². The lowest BCUT2D eigenvalue weighted by molar-refractivity contribution is -0.146. The molecule has 2 rings (SSSR count). The number of aliphatic carboxylic acids is 1. The minimum Gasteiger partial charge on any atom is -0.481 e. The molecule has 0 aromatic heterocycles. The van der Waals surface area contributed by atoms with Gasteiger partial charge in [-0.15, -0.1) is 0 Å². The largest absolute Gasteiger partial charge is 0.481 e. The van der Waals surface area contributed by atoms with Crippen LogP contribution in [0.4, 0.5) is 0 Å². The molecule has 1 aliphatic carbocycles. The van der Waals surface area contributed by atoms with Gasteiger partial charge in [-0.2, -0.15) is 0 Å². The fourth-order valence-corrected chi connectivity index (χ4v) is 3.53. The minimum atomic E-state index is -3.08. The first-order valence-corrected chi connectivity index (χ1v) is 8.17. The molecule has 2 aliphatic rings. The summed E-state index contributed by atoms with van der Waals surface area (Å²) in [5.41, 5.74) is 0. The molecule has 7 heteroatoms. The van der Waals surface area contributed by atoms with E-state index >= 15 is 0 Å².